The van der Waals surface area contributed by atoms with Crippen molar-refractivity contribution in [2.24, 2.45) is 0 Å². The SMILES string of the molecule is CC(=O)Nc1ccc(NC(=O)[C@@H]2CC(=O)Nc3c(C)c(-c4ccccc4)nn32)cc1. The second-order valence-corrected chi connectivity index (χ2v) is 7.15. The molecule has 3 N–H and O–H groups in total. The third kappa shape index (κ3) is 3.80. The van der Waals surface area contributed by atoms with Crippen molar-refractivity contribution in [1.29, 1.82) is 0 Å². The number of hydrogen-bond acceptors (Lipinski definition) is 4. The van der Waals surface area contributed by atoms with Crippen LogP contribution in [0.3, 0.4) is 0 Å². The zero-order valence-corrected chi connectivity index (χ0v) is 16.6. The van der Waals surface area contributed by atoms with E-state index in [0.29, 0.717) is 17.2 Å². The first-order valence-electron chi connectivity index (χ1n) is 9.55. The molecule has 3 amide bonds. The van der Waals surface area contributed by atoms with E-state index in [0.717, 1.165) is 16.8 Å². The Bertz CT molecular complexity index is 1120. The fourth-order valence-corrected chi connectivity index (χ4v) is 3.48. The Hall–Kier alpha value is -3.94. The van der Waals surface area contributed by atoms with Crippen LogP contribution >= 0.6 is 0 Å². The van der Waals surface area contributed by atoms with Crippen molar-refractivity contribution in [3.8, 4) is 11.3 Å². The molecule has 3 aromatic rings. The topological polar surface area (TPSA) is 105 Å². The van der Waals surface area contributed by atoms with E-state index in [4.69, 9.17) is 0 Å². The molecule has 0 radical (unpaired) electrons. The van der Waals surface area contributed by atoms with Crippen LogP contribution in [0.15, 0.2) is 54.6 Å². The molecule has 8 heteroatoms. The van der Waals surface area contributed by atoms with Gasteiger partial charge in [0, 0.05) is 29.4 Å². The summed E-state index contributed by atoms with van der Waals surface area (Å²) in [6.45, 7) is 3.31. The van der Waals surface area contributed by atoms with Crippen LogP contribution in [0.4, 0.5) is 17.2 Å². The number of rotatable bonds is 4. The van der Waals surface area contributed by atoms with E-state index >= 15 is 0 Å². The molecule has 0 saturated carbocycles. The lowest BCUT2D eigenvalue weighted by molar-refractivity contribution is -0.125. The summed E-state index contributed by atoms with van der Waals surface area (Å²) in [7, 11) is 0. The summed E-state index contributed by atoms with van der Waals surface area (Å²) in [4.78, 5) is 36.4. The number of carbonyl (C=O) groups is 3. The average molecular weight is 403 g/mol. The first kappa shape index (κ1) is 19.4. The van der Waals surface area contributed by atoms with Crippen LogP contribution in [0.25, 0.3) is 11.3 Å². The largest absolute Gasteiger partial charge is 0.326 e. The highest BCUT2D eigenvalue weighted by Crippen LogP contribution is 2.34. The zero-order chi connectivity index (χ0) is 21.3. The lowest BCUT2D eigenvalue weighted by Gasteiger charge is -2.24. The Kier molecular flexibility index (Phi) is 5.05. The maximum absolute atomic E-state index is 13.0. The summed E-state index contributed by atoms with van der Waals surface area (Å²) in [5.74, 6) is -0.200. The number of anilines is 3. The summed E-state index contributed by atoms with van der Waals surface area (Å²) in [6, 6.07) is 15.6. The van der Waals surface area contributed by atoms with Crippen LogP contribution in [0.1, 0.15) is 24.9 Å². The molecule has 4 rings (SSSR count). The average Bonchev–Trinajstić information content (AvgIpc) is 3.05. The molecule has 0 bridgehead atoms. The minimum atomic E-state index is -0.764. The number of hydrogen-bond donors (Lipinski definition) is 3. The molecule has 1 atom stereocenters. The van der Waals surface area contributed by atoms with E-state index in [-0.39, 0.29) is 24.1 Å². The van der Waals surface area contributed by atoms with Crippen LogP contribution in [0.5, 0.6) is 0 Å². The van der Waals surface area contributed by atoms with Crippen LogP contribution < -0.4 is 16.0 Å². The normalized spacial score (nSPS) is 15.1. The summed E-state index contributed by atoms with van der Waals surface area (Å²) in [5.41, 5.74) is 3.65. The highest BCUT2D eigenvalue weighted by molar-refractivity contribution is 6.02. The molecule has 30 heavy (non-hydrogen) atoms. The summed E-state index contributed by atoms with van der Waals surface area (Å²) >= 11 is 0. The van der Waals surface area contributed by atoms with Crippen molar-refractivity contribution in [3.05, 3.63) is 60.2 Å². The molecule has 1 aromatic heterocycles. The Morgan fingerprint density at radius 1 is 1.03 bits per heavy atom. The third-order valence-corrected chi connectivity index (χ3v) is 4.90. The van der Waals surface area contributed by atoms with Crippen LogP contribution in [0, 0.1) is 6.92 Å². The smallest absolute Gasteiger partial charge is 0.249 e. The van der Waals surface area contributed by atoms with Gasteiger partial charge in [-0.1, -0.05) is 30.3 Å². The van der Waals surface area contributed by atoms with E-state index in [1.54, 1.807) is 28.9 Å². The maximum atomic E-state index is 13.0. The number of nitrogens with zero attached hydrogens (tertiary/aromatic N) is 2. The van der Waals surface area contributed by atoms with Gasteiger partial charge < -0.3 is 16.0 Å². The van der Waals surface area contributed by atoms with Crippen LogP contribution in [0.2, 0.25) is 0 Å². The predicted octanol–water partition coefficient (Wildman–Crippen LogP) is 3.34. The first-order chi connectivity index (χ1) is 14.4. The van der Waals surface area contributed by atoms with Gasteiger partial charge in [-0.2, -0.15) is 5.10 Å². The second kappa shape index (κ2) is 7.82. The van der Waals surface area contributed by atoms with Crippen molar-refractivity contribution in [2.45, 2.75) is 26.3 Å². The fourth-order valence-electron chi connectivity index (χ4n) is 3.48. The van der Waals surface area contributed by atoms with Gasteiger partial charge in [0.05, 0.1) is 12.1 Å². The van der Waals surface area contributed by atoms with Gasteiger partial charge in [-0.3, -0.25) is 14.4 Å². The van der Waals surface area contributed by atoms with Gasteiger partial charge in [-0.15, -0.1) is 0 Å². The number of benzene rings is 2. The van der Waals surface area contributed by atoms with E-state index < -0.39 is 6.04 Å². The highest BCUT2D eigenvalue weighted by atomic mass is 16.2. The van der Waals surface area contributed by atoms with Gasteiger partial charge in [0.1, 0.15) is 11.9 Å². The number of amides is 3. The summed E-state index contributed by atoms with van der Waals surface area (Å²) < 4.78 is 1.58. The molecule has 0 saturated heterocycles. The van der Waals surface area contributed by atoms with Gasteiger partial charge in [-0.25, -0.2) is 4.68 Å². The van der Waals surface area contributed by atoms with E-state index in [9.17, 15) is 14.4 Å². The maximum Gasteiger partial charge on any atom is 0.249 e. The Balaban J connectivity index is 1.60. The van der Waals surface area contributed by atoms with Gasteiger partial charge in [0.25, 0.3) is 0 Å². The molecule has 1 aliphatic heterocycles. The molecule has 0 fully saturated rings. The predicted molar refractivity (Wildman–Crippen MR) is 114 cm³/mol. The van der Waals surface area contributed by atoms with Gasteiger partial charge >= 0.3 is 0 Å². The zero-order valence-electron chi connectivity index (χ0n) is 16.6. The molecule has 0 spiro atoms. The molecule has 2 heterocycles. The first-order valence-corrected chi connectivity index (χ1v) is 9.55. The van der Waals surface area contributed by atoms with Crippen LogP contribution in [-0.4, -0.2) is 27.5 Å². The van der Waals surface area contributed by atoms with E-state index in [1.165, 1.54) is 6.92 Å². The van der Waals surface area contributed by atoms with Crippen LogP contribution in [-0.2, 0) is 14.4 Å². The molecular weight excluding hydrogens is 382 g/mol. The van der Waals surface area contributed by atoms with Gasteiger partial charge in [0.2, 0.25) is 17.7 Å². The Morgan fingerprint density at radius 2 is 1.67 bits per heavy atom. The number of fused-ring (bicyclic) bond motifs is 1. The number of aromatic nitrogens is 2. The van der Waals surface area contributed by atoms with Crippen molar-refractivity contribution >= 4 is 34.9 Å². The molecule has 0 unspecified atom stereocenters. The summed E-state index contributed by atoms with van der Waals surface area (Å²) in [6.07, 6.45) is -0.00183. The van der Waals surface area contributed by atoms with Gasteiger partial charge in [-0.05, 0) is 31.2 Å². The number of nitrogens with one attached hydrogen (secondary N) is 3. The minimum Gasteiger partial charge on any atom is -0.326 e. The standard InChI is InChI=1S/C22H21N5O3/c1-13-20(15-6-4-3-5-7-15)26-27-18(12-19(29)25-21(13)27)22(30)24-17-10-8-16(9-11-17)23-14(2)28/h3-11,18H,12H2,1-2H3,(H,23,28)(H,24,30)(H,25,29)/t18-/m0/s1. The lowest BCUT2D eigenvalue weighted by atomic mass is 10.1. The quantitative estimate of drug-likeness (QED) is 0.621. The van der Waals surface area contributed by atoms with Crippen molar-refractivity contribution < 1.29 is 14.4 Å². The molecule has 152 valence electrons. The minimum absolute atomic E-state index is 0.00183. The Morgan fingerprint density at radius 3 is 2.30 bits per heavy atom. The van der Waals surface area contributed by atoms with Crippen molar-refractivity contribution in [1.82, 2.24) is 9.78 Å². The van der Waals surface area contributed by atoms with Crippen molar-refractivity contribution in [2.75, 3.05) is 16.0 Å². The monoisotopic (exact) mass is 403 g/mol. The second-order valence-electron chi connectivity index (χ2n) is 7.15. The fraction of sp³-hybridized carbons (Fsp3) is 0.182. The molecule has 8 nitrogen and oxygen atoms in total. The number of carbonyl (C=O) groups excluding carboxylic acids is 3. The third-order valence-electron chi connectivity index (χ3n) is 4.90. The molecular formula is C22H21N5O3. The molecule has 1 aliphatic rings. The van der Waals surface area contributed by atoms with E-state index in [2.05, 4.69) is 21.0 Å². The van der Waals surface area contributed by atoms with Crippen molar-refractivity contribution in [3.63, 3.8) is 0 Å². The van der Waals surface area contributed by atoms with Gasteiger partial charge in [0.15, 0.2) is 0 Å². The molecule has 0 aliphatic carbocycles. The highest BCUT2D eigenvalue weighted by Gasteiger charge is 2.34. The lowest BCUT2D eigenvalue weighted by Crippen LogP contribution is -2.35. The van der Waals surface area contributed by atoms with E-state index in [1.807, 2.05) is 37.3 Å². The Labute approximate surface area is 173 Å². The summed E-state index contributed by atoms with van der Waals surface area (Å²) in [5, 5.41) is 13.0. The molecule has 2 aromatic carbocycles.